The van der Waals surface area contributed by atoms with Gasteiger partial charge in [0.15, 0.2) is 0 Å². The van der Waals surface area contributed by atoms with Crippen LogP contribution in [-0.2, 0) is 14.4 Å². The number of carbonyl (C=O) groups is 3. The van der Waals surface area contributed by atoms with Crippen molar-refractivity contribution in [1.82, 2.24) is 10.4 Å². The van der Waals surface area contributed by atoms with Gasteiger partial charge in [0.1, 0.15) is 5.92 Å². The van der Waals surface area contributed by atoms with Crippen LogP contribution in [0, 0.1) is 12.8 Å². The first-order chi connectivity index (χ1) is 9.93. The van der Waals surface area contributed by atoms with Gasteiger partial charge in [0.25, 0.3) is 11.8 Å². The van der Waals surface area contributed by atoms with Crippen LogP contribution in [0.4, 0.5) is 5.69 Å². The molecule has 0 aromatic heterocycles. The lowest BCUT2D eigenvalue weighted by Crippen LogP contribution is -2.34. The lowest BCUT2D eigenvalue weighted by Gasteiger charge is -2.22. The number of hydrazine groups is 1. The van der Waals surface area contributed by atoms with Crippen LogP contribution in [0.1, 0.15) is 18.9 Å². The highest BCUT2D eigenvalue weighted by atomic mass is 16.2. The summed E-state index contributed by atoms with van der Waals surface area (Å²) in [6.07, 6.45) is -0.114. The van der Waals surface area contributed by atoms with E-state index in [0.717, 1.165) is 16.3 Å². The summed E-state index contributed by atoms with van der Waals surface area (Å²) in [5.74, 6) is -1.95. The first-order valence-corrected chi connectivity index (χ1v) is 6.89. The van der Waals surface area contributed by atoms with Crippen molar-refractivity contribution in [1.29, 1.82) is 0 Å². The lowest BCUT2D eigenvalue weighted by molar-refractivity contribution is -0.134. The molecule has 1 aliphatic rings. The molecule has 6 heteroatoms. The van der Waals surface area contributed by atoms with Crippen molar-refractivity contribution in [2.75, 3.05) is 18.5 Å². The summed E-state index contributed by atoms with van der Waals surface area (Å²) in [5, 5.41) is 1.13. The van der Waals surface area contributed by atoms with Gasteiger partial charge in [0.05, 0.1) is 0 Å². The van der Waals surface area contributed by atoms with E-state index in [1.54, 1.807) is 4.90 Å². The molecule has 21 heavy (non-hydrogen) atoms. The van der Waals surface area contributed by atoms with E-state index < -0.39 is 11.8 Å². The van der Waals surface area contributed by atoms with Gasteiger partial charge in [-0.1, -0.05) is 12.1 Å². The molecule has 1 aromatic rings. The minimum absolute atomic E-state index is 0.114. The summed E-state index contributed by atoms with van der Waals surface area (Å²) >= 11 is 0. The smallest absolute Gasteiger partial charge is 0.253 e. The minimum atomic E-state index is -0.929. The summed E-state index contributed by atoms with van der Waals surface area (Å²) in [6.45, 7) is 4.30. The maximum Gasteiger partial charge on any atom is 0.253 e. The third-order valence-electron chi connectivity index (χ3n) is 3.53. The Morgan fingerprint density at radius 3 is 2.62 bits per heavy atom. The van der Waals surface area contributed by atoms with Gasteiger partial charge in [-0.3, -0.25) is 24.8 Å². The SMILES string of the molecule is CCN(C(=O)CC1C(=O)NN(C)C1=O)c1cccc(C)c1. The molecule has 2 rings (SSSR count). The zero-order valence-electron chi connectivity index (χ0n) is 12.4. The van der Waals surface area contributed by atoms with Crippen LogP contribution >= 0.6 is 0 Å². The Bertz CT molecular complexity index is 585. The number of nitrogens with one attached hydrogen (secondary N) is 1. The van der Waals surface area contributed by atoms with Crippen LogP contribution in [0.15, 0.2) is 24.3 Å². The number of rotatable bonds is 4. The quantitative estimate of drug-likeness (QED) is 0.836. The van der Waals surface area contributed by atoms with Crippen molar-refractivity contribution in [2.24, 2.45) is 5.92 Å². The van der Waals surface area contributed by atoms with Crippen molar-refractivity contribution in [2.45, 2.75) is 20.3 Å². The third-order valence-corrected chi connectivity index (χ3v) is 3.53. The van der Waals surface area contributed by atoms with E-state index in [2.05, 4.69) is 5.43 Å². The van der Waals surface area contributed by atoms with E-state index in [1.165, 1.54) is 7.05 Å². The van der Waals surface area contributed by atoms with Crippen LogP contribution in [0.3, 0.4) is 0 Å². The fourth-order valence-corrected chi connectivity index (χ4v) is 2.41. The van der Waals surface area contributed by atoms with E-state index in [4.69, 9.17) is 0 Å². The number of benzene rings is 1. The molecule has 0 radical (unpaired) electrons. The average Bonchev–Trinajstić information content (AvgIpc) is 2.66. The highest BCUT2D eigenvalue weighted by molar-refractivity contribution is 6.09. The summed E-state index contributed by atoms with van der Waals surface area (Å²) in [5.41, 5.74) is 4.23. The fourth-order valence-electron chi connectivity index (χ4n) is 2.41. The van der Waals surface area contributed by atoms with Crippen LogP contribution in [0.2, 0.25) is 0 Å². The van der Waals surface area contributed by atoms with Gasteiger partial charge >= 0.3 is 0 Å². The van der Waals surface area contributed by atoms with Crippen LogP contribution in [-0.4, -0.2) is 36.3 Å². The number of amides is 3. The zero-order chi connectivity index (χ0) is 15.6. The Morgan fingerprint density at radius 2 is 2.10 bits per heavy atom. The second-order valence-corrected chi connectivity index (χ2v) is 5.11. The van der Waals surface area contributed by atoms with Gasteiger partial charge < -0.3 is 4.90 Å². The van der Waals surface area contributed by atoms with Crippen LogP contribution in [0.5, 0.6) is 0 Å². The molecule has 1 heterocycles. The number of hydrogen-bond acceptors (Lipinski definition) is 3. The monoisotopic (exact) mass is 289 g/mol. The fraction of sp³-hybridized carbons (Fsp3) is 0.400. The van der Waals surface area contributed by atoms with Crippen molar-refractivity contribution in [3.05, 3.63) is 29.8 Å². The number of carbonyl (C=O) groups excluding carboxylic acids is 3. The Hall–Kier alpha value is -2.37. The second-order valence-electron chi connectivity index (χ2n) is 5.11. The molecule has 112 valence electrons. The summed E-state index contributed by atoms with van der Waals surface area (Å²) in [4.78, 5) is 37.5. The Morgan fingerprint density at radius 1 is 1.38 bits per heavy atom. The van der Waals surface area contributed by atoms with Gasteiger partial charge in [-0.15, -0.1) is 0 Å². The van der Waals surface area contributed by atoms with Gasteiger partial charge in [-0.05, 0) is 31.5 Å². The van der Waals surface area contributed by atoms with Crippen LogP contribution in [0.25, 0.3) is 0 Å². The molecule has 1 fully saturated rings. The molecule has 1 saturated heterocycles. The molecule has 1 aromatic carbocycles. The molecule has 0 aliphatic carbocycles. The Kier molecular flexibility index (Phi) is 4.26. The largest absolute Gasteiger partial charge is 0.313 e. The van der Waals surface area contributed by atoms with E-state index in [1.807, 2.05) is 38.1 Å². The predicted molar refractivity (Wildman–Crippen MR) is 78.2 cm³/mol. The molecule has 1 N–H and O–H groups in total. The van der Waals surface area contributed by atoms with E-state index in [-0.39, 0.29) is 18.2 Å². The van der Waals surface area contributed by atoms with Crippen molar-refractivity contribution >= 4 is 23.4 Å². The van der Waals surface area contributed by atoms with E-state index >= 15 is 0 Å². The second kappa shape index (κ2) is 5.95. The molecule has 1 atom stereocenters. The highest BCUT2D eigenvalue weighted by Gasteiger charge is 2.39. The molecule has 0 spiro atoms. The number of anilines is 1. The molecule has 0 bridgehead atoms. The number of nitrogens with zero attached hydrogens (tertiary/aromatic N) is 2. The zero-order valence-corrected chi connectivity index (χ0v) is 12.4. The highest BCUT2D eigenvalue weighted by Crippen LogP contribution is 2.20. The minimum Gasteiger partial charge on any atom is -0.313 e. The molecule has 3 amide bonds. The number of aryl methyl sites for hydroxylation is 1. The standard InChI is InChI=1S/C15H19N3O3/c1-4-18(11-7-5-6-10(2)8-11)13(19)9-12-14(20)16-17(3)15(12)21/h5-8,12H,4,9H2,1-3H3,(H,16,20). The molecule has 1 unspecified atom stereocenters. The van der Waals surface area contributed by atoms with Crippen molar-refractivity contribution in [3.8, 4) is 0 Å². The summed E-state index contributed by atoms with van der Waals surface area (Å²) in [7, 11) is 1.48. The molecular weight excluding hydrogens is 270 g/mol. The van der Waals surface area contributed by atoms with Crippen molar-refractivity contribution < 1.29 is 14.4 Å². The molecule has 0 saturated carbocycles. The summed E-state index contributed by atoms with van der Waals surface area (Å²) in [6, 6.07) is 7.58. The maximum absolute atomic E-state index is 12.4. The van der Waals surface area contributed by atoms with Crippen molar-refractivity contribution in [3.63, 3.8) is 0 Å². The number of hydrogen-bond donors (Lipinski definition) is 1. The van der Waals surface area contributed by atoms with Gasteiger partial charge in [0.2, 0.25) is 5.91 Å². The normalized spacial score (nSPS) is 17.9. The summed E-state index contributed by atoms with van der Waals surface area (Å²) < 4.78 is 0. The lowest BCUT2D eigenvalue weighted by atomic mass is 10.0. The Labute approximate surface area is 123 Å². The van der Waals surface area contributed by atoms with E-state index in [9.17, 15) is 14.4 Å². The topological polar surface area (TPSA) is 69.7 Å². The third kappa shape index (κ3) is 3.04. The Balaban J connectivity index is 2.14. The average molecular weight is 289 g/mol. The maximum atomic E-state index is 12.4. The molecular formula is C15H19N3O3. The first kappa shape index (κ1) is 15.0. The van der Waals surface area contributed by atoms with Gasteiger partial charge in [-0.2, -0.15) is 0 Å². The first-order valence-electron chi connectivity index (χ1n) is 6.89. The molecule has 1 aliphatic heterocycles. The van der Waals surface area contributed by atoms with Gasteiger partial charge in [0, 0.05) is 25.7 Å². The van der Waals surface area contributed by atoms with Crippen LogP contribution < -0.4 is 10.3 Å². The van der Waals surface area contributed by atoms with Gasteiger partial charge in [-0.25, -0.2) is 0 Å². The predicted octanol–water partition coefficient (Wildman–Crippen LogP) is 0.857. The molecule has 6 nitrogen and oxygen atoms in total. The van der Waals surface area contributed by atoms with E-state index in [0.29, 0.717) is 6.54 Å².